The van der Waals surface area contributed by atoms with Crippen LogP contribution in [0.1, 0.15) is 13.3 Å². The van der Waals surface area contributed by atoms with Gasteiger partial charge in [-0.05, 0) is 55.5 Å². The van der Waals surface area contributed by atoms with Crippen LogP contribution in [0.4, 0.5) is 24.5 Å². The van der Waals surface area contributed by atoms with Crippen molar-refractivity contribution in [2.45, 2.75) is 25.8 Å². The summed E-state index contributed by atoms with van der Waals surface area (Å²) in [7, 11) is 1.52. The van der Waals surface area contributed by atoms with E-state index in [0.29, 0.717) is 11.4 Å². The summed E-state index contributed by atoms with van der Waals surface area (Å²) < 4.78 is 50.7. The van der Waals surface area contributed by atoms with Crippen LogP contribution < -0.4 is 19.7 Å². The minimum absolute atomic E-state index is 0.0557. The quantitative estimate of drug-likeness (QED) is 0.628. The van der Waals surface area contributed by atoms with Crippen LogP contribution in [0.5, 0.6) is 11.5 Å². The fraction of sp³-hybridized carbons (Fsp3) is 0.318. The van der Waals surface area contributed by atoms with Crippen molar-refractivity contribution in [3.05, 3.63) is 48.5 Å². The maximum atomic E-state index is 12.5. The maximum absolute atomic E-state index is 12.5. The molecule has 0 radical (unpaired) electrons. The molecule has 0 aromatic heterocycles. The van der Waals surface area contributed by atoms with Crippen LogP contribution >= 0.6 is 0 Å². The second-order valence-electron chi connectivity index (χ2n) is 7.24. The first-order valence-electron chi connectivity index (χ1n) is 9.87. The lowest BCUT2D eigenvalue weighted by Gasteiger charge is -2.18. The molecule has 3 rings (SSSR count). The van der Waals surface area contributed by atoms with Gasteiger partial charge in [0.25, 0.3) is 5.91 Å². The molecule has 1 saturated heterocycles. The predicted octanol–water partition coefficient (Wildman–Crippen LogP) is 3.52. The van der Waals surface area contributed by atoms with E-state index < -0.39 is 36.0 Å². The van der Waals surface area contributed by atoms with E-state index in [0.717, 1.165) is 12.1 Å². The number of amides is 2. The molecule has 176 valence electrons. The summed E-state index contributed by atoms with van der Waals surface area (Å²) in [4.78, 5) is 38.6. The summed E-state index contributed by atoms with van der Waals surface area (Å²) in [6, 6.07) is 11.3. The van der Waals surface area contributed by atoms with Gasteiger partial charge in [-0.2, -0.15) is 0 Å². The highest BCUT2D eigenvalue weighted by atomic mass is 19.4. The van der Waals surface area contributed by atoms with Crippen LogP contribution in [0.2, 0.25) is 0 Å². The fourth-order valence-electron chi connectivity index (χ4n) is 3.18. The molecule has 1 aliphatic rings. The monoisotopic (exact) mass is 466 g/mol. The van der Waals surface area contributed by atoms with Crippen LogP contribution in [-0.2, 0) is 19.1 Å². The molecule has 33 heavy (non-hydrogen) atoms. The van der Waals surface area contributed by atoms with Crippen molar-refractivity contribution in [3.63, 3.8) is 0 Å². The minimum atomic E-state index is -4.82. The number of ether oxygens (including phenoxy) is 3. The Morgan fingerprint density at radius 2 is 1.67 bits per heavy atom. The van der Waals surface area contributed by atoms with Gasteiger partial charge in [0, 0.05) is 24.3 Å². The molecule has 1 aliphatic heterocycles. The highest BCUT2D eigenvalue weighted by Crippen LogP contribution is 2.28. The van der Waals surface area contributed by atoms with E-state index in [1.165, 1.54) is 31.1 Å². The van der Waals surface area contributed by atoms with Crippen LogP contribution in [0, 0.1) is 5.92 Å². The molecular weight excluding hydrogens is 445 g/mol. The van der Waals surface area contributed by atoms with Gasteiger partial charge in [-0.1, -0.05) is 0 Å². The zero-order chi connectivity index (χ0) is 24.2. The van der Waals surface area contributed by atoms with Crippen molar-refractivity contribution < 1.29 is 41.8 Å². The SMILES string of the molecule is COc1ccc(N2C[C@@H](C(=O)O[C@H](C)C(=O)Nc3ccc(OC(F)(F)F)cc3)CC2=O)cc1. The molecule has 0 bridgehead atoms. The van der Waals surface area contributed by atoms with Crippen LogP contribution in [-0.4, -0.2) is 43.9 Å². The van der Waals surface area contributed by atoms with Crippen molar-refractivity contribution in [1.82, 2.24) is 0 Å². The number of nitrogens with one attached hydrogen (secondary N) is 1. The minimum Gasteiger partial charge on any atom is -0.497 e. The van der Waals surface area contributed by atoms with Crippen molar-refractivity contribution in [2.24, 2.45) is 5.92 Å². The maximum Gasteiger partial charge on any atom is 0.573 e. The molecule has 11 heteroatoms. The van der Waals surface area contributed by atoms with Gasteiger partial charge < -0.3 is 24.4 Å². The zero-order valence-electron chi connectivity index (χ0n) is 17.7. The molecule has 1 heterocycles. The van der Waals surface area contributed by atoms with Gasteiger partial charge >= 0.3 is 12.3 Å². The number of carbonyl (C=O) groups excluding carboxylic acids is 3. The summed E-state index contributed by atoms with van der Waals surface area (Å²) >= 11 is 0. The zero-order valence-corrected chi connectivity index (χ0v) is 17.7. The van der Waals surface area contributed by atoms with Crippen molar-refractivity contribution in [2.75, 3.05) is 23.9 Å². The molecule has 1 fully saturated rings. The number of hydrogen-bond acceptors (Lipinski definition) is 6. The van der Waals surface area contributed by atoms with Crippen molar-refractivity contribution in [1.29, 1.82) is 0 Å². The Bertz CT molecular complexity index is 1010. The first-order valence-corrected chi connectivity index (χ1v) is 9.87. The predicted molar refractivity (Wildman–Crippen MR) is 111 cm³/mol. The summed E-state index contributed by atoms with van der Waals surface area (Å²) in [5.41, 5.74) is 0.805. The lowest BCUT2D eigenvalue weighted by molar-refractivity contribution is -0.274. The Labute approximate surface area is 187 Å². The Kier molecular flexibility index (Phi) is 7.10. The van der Waals surface area contributed by atoms with Gasteiger partial charge in [-0.15, -0.1) is 13.2 Å². The van der Waals surface area contributed by atoms with Crippen molar-refractivity contribution in [3.8, 4) is 11.5 Å². The summed E-state index contributed by atoms with van der Waals surface area (Å²) in [6.07, 6.45) is -6.06. The molecule has 0 saturated carbocycles. The van der Waals surface area contributed by atoms with Gasteiger partial charge in [0.05, 0.1) is 13.0 Å². The lowest BCUT2D eigenvalue weighted by atomic mass is 10.1. The van der Waals surface area contributed by atoms with E-state index in [-0.39, 0.29) is 24.6 Å². The fourth-order valence-corrected chi connectivity index (χ4v) is 3.18. The second kappa shape index (κ2) is 9.80. The third-order valence-corrected chi connectivity index (χ3v) is 4.86. The number of benzene rings is 2. The smallest absolute Gasteiger partial charge is 0.497 e. The lowest BCUT2D eigenvalue weighted by Crippen LogP contribution is -2.33. The Morgan fingerprint density at radius 1 is 1.06 bits per heavy atom. The number of hydrogen-bond donors (Lipinski definition) is 1. The first kappa shape index (κ1) is 23.9. The molecule has 0 unspecified atom stereocenters. The Hall–Kier alpha value is -3.76. The Balaban J connectivity index is 1.53. The summed E-state index contributed by atoms with van der Waals surface area (Å²) in [5.74, 6) is -2.18. The van der Waals surface area contributed by atoms with E-state index in [2.05, 4.69) is 10.1 Å². The first-order chi connectivity index (χ1) is 15.6. The number of halogens is 3. The third kappa shape index (κ3) is 6.37. The average Bonchev–Trinajstić information content (AvgIpc) is 3.16. The standard InChI is InChI=1S/C22H21F3N2O6/c1-13(20(29)26-15-3-7-18(8-4-15)33-22(23,24)25)32-21(30)14-11-19(28)27(12-14)16-5-9-17(31-2)10-6-16/h3-10,13-14H,11-12H2,1-2H3,(H,26,29)/t13-,14+/m1/s1. The van der Waals surface area contributed by atoms with E-state index in [4.69, 9.17) is 9.47 Å². The molecule has 0 aliphatic carbocycles. The van der Waals surface area contributed by atoms with Crippen LogP contribution in [0.25, 0.3) is 0 Å². The average molecular weight is 466 g/mol. The largest absolute Gasteiger partial charge is 0.573 e. The summed E-state index contributed by atoms with van der Waals surface area (Å²) in [6.45, 7) is 1.46. The molecule has 2 aromatic carbocycles. The van der Waals surface area contributed by atoms with Gasteiger partial charge in [-0.25, -0.2) is 0 Å². The number of methoxy groups -OCH3 is 1. The van der Waals surface area contributed by atoms with E-state index in [9.17, 15) is 27.6 Å². The number of nitrogens with zero attached hydrogens (tertiary/aromatic N) is 1. The van der Waals surface area contributed by atoms with Gasteiger partial charge in [0.2, 0.25) is 5.91 Å². The molecule has 8 nitrogen and oxygen atoms in total. The van der Waals surface area contributed by atoms with Crippen LogP contribution in [0.15, 0.2) is 48.5 Å². The number of esters is 1. The summed E-state index contributed by atoms with van der Waals surface area (Å²) in [5, 5.41) is 2.44. The number of anilines is 2. The molecule has 2 atom stereocenters. The van der Waals surface area contributed by atoms with Crippen molar-refractivity contribution >= 4 is 29.2 Å². The second-order valence-corrected chi connectivity index (χ2v) is 7.24. The van der Waals surface area contributed by atoms with Gasteiger partial charge in [-0.3, -0.25) is 14.4 Å². The van der Waals surface area contributed by atoms with E-state index in [1.54, 1.807) is 24.3 Å². The molecule has 1 N–H and O–H groups in total. The van der Waals surface area contributed by atoms with E-state index >= 15 is 0 Å². The highest BCUT2D eigenvalue weighted by Gasteiger charge is 2.37. The normalized spacial score (nSPS) is 16.8. The Morgan fingerprint density at radius 3 is 2.24 bits per heavy atom. The molecular formula is C22H21F3N2O6. The molecule has 0 spiro atoms. The number of alkyl halides is 3. The van der Waals surface area contributed by atoms with Crippen LogP contribution in [0.3, 0.4) is 0 Å². The highest BCUT2D eigenvalue weighted by molar-refractivity contribution is 6.00. The third-order valence-electron chi connectivity index (χ3n) is 4.86. The molecule has 2 amide bonds. The molecule has 2 aromatic rings. The number of rotatable bonds is 7. The van der Waals surface area contributed by atoms with E-state index in [1.807, 2.05) is 0 Å². The van der Waals surface area contributed by atoms with Gasteiger partial charge in [0.15, 0.2) is 6.10 Å². The topological polar surface area (TPSA) is 94.2 Å². The van der Waals surface area contributed by atoms with Gasteiger partial charge in [0.1, 0.15) is 11.5 Å². The number of carbonyl (C=O) groups is 3.